The lowest BCUT2D eigenvalue weighted by molar-refractivity contribution is -0.274. The molecular weight excluding hydrogens is 357 g/mol. The zero-order valence-corrected chi connectivity index (χ0v) is 14.2. The number of rotatable bonds is 4. The third-order valence-corrected chi connectivity index (χ3v) is 3.96. The minimum atomic E-state index is -4.85. The van der Waals surface area contributed by atoms with Gasteiger partial charge in [0.2, 0.25) is 0 Å². The lowest BCUT2D eigenvalue weighted by Crippen LogP contribution is -2.34. The van der Waals surface area contributed by atoms with E-state index in [4.69, 9.17) is 11.6 Å². The van der Waals surface area contributed by atoms with Crippen molar-refractivity contribution < 1.29 is 22.7 Å². The van der Waals surface area contributed by atoms with Crippen molar-refractivity contribution in [2.45, 2.75) is 19.3 Å². The maximum atomic E-state index is 12.5. The van der Waals surface area contributed by atoms with Crippen molar-refractivity contribution in [2.75, 3.05) is 12.4 Å². The molecule has 25 heavy (non-hydrogen) atoms. The van der Waals surface area contributed by atoms with Gasteiger partial charge >= 0.3 is 12.4 Å². The summed E-state index contributed by atoms with van der Waals surface area (Å²) in [5.41, 5.74) is 0.643. The van der Waals surface area contributed by atoms with Gasteiger partial charge in [-0.05, 0) is 30.7 Å². The Morgan fingerprint density at radius 2 is 1.76 bits per heavy atom. The van der Waals surface area contributed by atoms with Crippen LogP contribution < -0.4 is 10.1 Å². The number of amides is 2. The van der Waals surface area contributed by atoms with Gasteiger partial charge in [-0.2, -0.15) is 0 Å². The summed E-state index contributed by atoms with van der Waals surface area (Å²) in [4.78, 5) is 13.7. The quantitative estimate of drug-likeness (QED) is 0.773. The van der Waals surface area contributed by atoms with E-state index in [1.165, 1.54) is 30.1 Å². The number of carbonyl (C=O) groups excluding carboxylic acids is 1. The molecule has 2 amide bonds. The second-order valence-corrected chi connectivity index (χ2v) is 5.69. The van der Waals surface area contributed by atoms with E-state index in [-0.39, 0.29) is 11.7 Å². The molecular formula is C17H16ClF3N2O2. The number of nitrogens with one attached hydrogen (secondary N) is 1. The molecule has 2 aromatic carbocycles. The molecule has 134 valence electrons. The van der Waals surface area contributed by atoms with E-state index in [0.717, 1.165) is 11.6 Å². The number of hydrogen-bond acceptors (Lipinski definition) is 2. The molecule has 1 unspecified atom stereocenters. The highest BCUT2D eigenvalue weighted by Crippen LogP contribution is 2.31. The first kappa shape index (κ1) is 18.9. The maximum Gasteiger partial charge on any atom is 0.573 e. The number of alkyl halides is 3. The second kappa shape index (κ2) is 7.65. The molecule has 0 saturated carbocycles. The fourth-order valence-electron chi connectivity index (χ4n) is 2.19. The van der Waals surface area contributed by atoms with Crippen molar-refractivity contribution in [3.8, 4) is 5.75 Å². The Bertz CT molecular complexity index is 753. The maximum absolute atomic E-state index is 12.5. The lowest BCUT2D eigenvalue weighted by Gasteiger charge is -2.26. The molecule has 4 nitrogen and oxygen atoms in total. The van der Waals surface area contributed by atoms with Gasteiger partial charge in [0.25, 0.3) is 0 Å². The van der Waals surface area contributed by atoms with Crippen LogP contribution >= 0.6 is 11.6 Å². The van der Waals surface area contributed by atoms with Crippen molar-refractivity contribution >= 4 is 23.3 Å². The van der Waals surface area contributed by atoms with Crippen LogP contribution in [0, 0.1) is 0 Å². The van der Waals surface area contributed by atoms with Crippen LogP contribution in [0.4, 0.5) is 23.7 Å². The molecule has 0 aliphatic carbocycles. The molecule has 0 spiro atoms. The molecule has 0 heterocycles. The zero-order valence-electron chi connectivity index (χ0n) is 13.5. The molecule has 0 aliphatic heterocycles. The Labute approximate surface area is 148 Å². The normalized spacial score (nSPS) is 12.4. The standard InChI is InChI=1S/C17H16ClF3N2O2/c1-11(12-7-3-4-8-13(12)18)23(2)16(24)22-14-9-5-6-10-15(14)25-17(19,20)21/h3-11H,1-2H3,(H,22,24). The van der Waals surface area contributed by atoms with Crippen molar-refractivity contribution in [1.82, 2.24) is 4.90 Å². The zero-order chi connectivity index (χ0) is 18.6. The predicted octanol–water partition coefficient (Wildman–Crippen LogP) is 5.46. The fourth-order valence-corrected chi connectivity index (χ4v) is 2.48. The minimum Gasteiger partial charge on any atom is -0.404 e. The van der Waals surface area contributed by atoms with Gasteiger partial charge < -0.3 is 15.0 Å². The molecule has 8 heteroatoms. The molecule has 2 aromatic rings. The van der Waals surface area contributed by atoms with E-state index in [9.17, 15) is 18.0 Å². The number of halogens is 4. The molecule has 0 aliphatic rings. The SMILES string of the molecule is CC(c1ccccc1Cl)N(C)C(=O)Nc1ccccc1OC(F)(F)F. The van der Waals surface area contributed by atoms with Gasteiger partial charge in [0.15, 0.2) is 5.75 Å². The highest BCUT2D eigenvalue weighted by atomic mass is 35.5. The first-order chi connectivity index (χ1) is 11.7. The van der Waals surface area contributed by atoms with Crippen LogP contribution in [0.5, 0.6) is 5.75 Å². The number of benzene rings is 2. The van der Waals surface area contributed by atoms with Crippen LogP contribution in [0.1, 0.15) is 18.5 Å². The number of nitrogens with zero attached hydrogens (tertiary/aromatic N) is 1. The van der Waals surface area contributed by atoms with E-state index in [2.05, 4.69) is 10.1 Å². The smallest absolute Gasteiger partial charge is 0.404 e. The van der Waals surface area contributed by atoms with Crippen molar-refractivity contribution in [3.05, 3.63) is 59.1 Å². The molecule has 0 aromatic heterocycles. The van der Waals surface area contributed by atoms with Crippen molar-refractivity contribution in [1.29, 1.82) is 0 Å². The second-order valence-electron chi connectivity index (χ2n) is 5.28. The summed E-state index contributed by atoms with van der Waals surface area (Å²) in [6.07, 6.45) is -4.85. The first-order valence-corrected chi connectivity index (χ1v) is 7.70. The molecule has 2 rings (SSSR count). The van der Waals surface area contributed by atoms with Gasteiger partial charge in [0.05, 0.1) is 11.7 Å². The monoisotopic (exact) mass is 372 g/mol. The van der Waals surface area contributed by atoms with Crippen LogP contribution in [0.2, 0.25) is 5.02 Å². The number of urea groups is 1. The third-order valence-electron chi connectivity index (χ3n) is 3.61. The van der Waals surface area contributed by atoms with Gasteiger partial charge in [-0.1, -0.05) is 41.9 Å². The average molecular weight is 373 g/mol. The predicted molar refractivity (Wildman–Crippen MR) is 89.8 cm³/mol. The Morgan fingerprint density at radius 3 is 2.40 bits per heavy atom. The van der Waals surface area contributed by atoms with Crippen LogP contribution in [-0.2, 0) is 0 Å². The largest absolute Gasteiger partial charge is 0.573 e. The van der Waals surface area contributed by atoms with Crippen molar-refractivity contribution in [3.63, 3.8) is 0 Å². The Balaban J connectivity index is 2.16. The van der Waals surface area contributed by atoms with Gasteiger partial charge in [0, 0.05) is 12.1 Å². The minimum absolute atomic E-state index is 0.0805. The number of carbonyl (C=O) groups is 1. The fraction of sp³-hybridized carbons (Fsp3) is 0.235. The Morgan fingerprint density at radius 1 is 1.16 bits per heavy atom. The first-order valence-electron chi connectivity index (χ1n) is 7.32. The summed E-state index contributed by atoms with van der Waals surface area (Å²) < 4.78 is 41.3. The summed E-state index contributed by atoms with van der Waals surface area (Å²) in [6.45, 7) is 1.76. The lowest BCUT2D eigenvalue weighted by atomic mass is 10.1. The molecule has 0 bridgehead atoms. The van der Waals surface area contributed by atoms with Gasteiger partial charge in [-0.15, -0.1) is 13.2 Å². The highest BCUT2D eigenvalue weighted by Gasteiger charge is 2.32. The summed E-state index contributed by atoms with van der Waals surface area (Å²) in [6, 6.07) is 11.4. The molecule has 0 saturated heterocycles. The van der Waals surface area contributed by atoms with E-state index in [0.29, 0.717) is 5.02 Å². The highest BCUT2D eigenvalue weighted by molar-refractivity contribution is 6.31. The van der Waals surface area contributed by atoms with E-state index in [1.807, 2.05) is 0 Å². The van der Waals surface area contributed by atoms with E-state index < -0.39 is 18.1 Å². The van der Waals surface area contributed by atoms with Crippen LogP contribution in [0.3, 0.4) is 0 Å². The van der Waals surface area contributed by atoms with Gasteiger partial charge in [-0.3, -0.25) is 0 Å². The summed E-state index contributed by atoms with van der Waals surface area (Å²) in [5, 5.41) is 2.92. The number of hydrogen-bond donors (Lipinski definition) is 1. The van der Waals surface area contributed by atoms with E-state index in [1.54, 1.807) is 31.2 Å². The molecule has 0 fully saturated rings. The summed E-state index contributed by atoms with van der Waals surface area (Å²) >= 11 is 6.12. The number of para-hydroxylation sites is 2. The van der Waals surface area contributed by atoms with Crippen molar-refractivity contribution in [2.24, 2.45) is 0 Å². The molecule has 1 N–H and O–H groups in total. The van der Waals surface area contributed by atoms with Gasteiger partial charge in [0.1, 0.15) is 0 Å². The number of anilines is 1. The topological polar surface area (TPSA) is 41.6 Å². The summed E-state index contributed by atoms with van der Waals surface area (Å²) in [5.74, 6) is -0.484. The van der Waals surface area contributed by atoms with Crippen LogP contribution in [0.25, 0.3) is 0 Å². The van der Waals surface area contributed by atoms with Crippen LogP contribution in [-0.4, -0.2) is 24.3 Å². The van der Waals surface area contributed by atoms with E-state index >= 15 is 0 Å². The molecule has 1 atom stereocenters. The Kier molecular flexibility index (Phi) is 5.79. The number of ether oxygens (including phenoxy) is 1. The molecule has 0 radical (unpaired) electrons. The summed E-state index contributed by atoms with van der Waals surface area (Å²) in [7, 11) is 1.52. The van der Waals surface area contributed by atoms with Crippen LogP contribution in [0.15, 0.2) is 48.5 Å². The Hall–Kier alpha value is -2.41. The van der Waals surface area contributed by atoms with Gasteiger partial charge in [-0.25, -0.2) is 4.79 Å². The average Bonchev–Trinajstić information content (AvgIpc) is 2.54. The third kappa shape index (κ3) is 5.03.